The van der Waals surface area contributed by atoms with Gasteiger partial charge in [-0.15, -0.1) is 0 Å². The van der Waals surface area contributed by atoms with Crippen molar-refractivity contribution in [2.45, 2.75) is 19.8 Å². The molecule has 0 aromatic heterocycles. The molecule has 0 saturated heterocycles. The van der Waals surface area contributed by atoms with Crippen LogP contribution in [-0.2, 0) is 9.53 Å². The molecule has 182 valence electrons. The van der Waals surface area contributed by atoms with E-state index < -0.39 is 23.7 Å². The predicted octanol–water partition coefficient (Wildman–Crippen LogP) is 3.72. The zero-order valence-corrected chi connectivity index (χ0v) is 22.9. The molecule has 3 unspecified atom stereocenters. The Morgan fingerprint density at radius 3 is 1.85 bits per heavy atom. The van der Waals surface area contributed by atoms with Gasteiger partial charge in [-0.2, -0.15) is 0 Å². The number of hydrogen-bond donors (Lipinski definition) is 0. The topological polar surface area (TPSA) is 89.5 Å². The number of benzene rings is 2. The van der Waals surface area contributed by atoms with Crippen molar-refractivity contribution in [3.8, 4) is 28.7 Å². The van der Waals surface area contributed by atoms with E-state index in [1.807, 2.05) is 0 Å². The van der Waals surface area contributed by atoms with Gasteiger partial charge in [-0.3, -0.25) is 9.59 Å². The molecule has 0 bridgehead atoms. The first-order valence-electron chi connectivity index (χ1n) is 10.6. The van der Waals surface area contributed by atoms with Gasteiger partial charge in [0.25, 0.3) is 0 Å². The van der Waals surface area contributed by atoms with Crippen molar-refractivity contribution in [1.29, 1.82) is 0 Å². The minimum absolute atomic E-state index is 0. The summed E-state index contributed by atoms with van der Waals surface area (Å²) >= 11 is 0. The molecular weight excluding hydrogens is 468 g/mol. The van der Waals surface area contributed by atoms with Crippen LogP contribution in [0.25, 0.3) is 0 Å². The molecule has 9 heteroatoms. The van der Waals surface area contributed by atoms with Gasteiger partial charge in [-0.1, -0.05) is 6.92 Å². The van der Waals surface area contributed by atoms with Crippen LogP contribution in [-0.4, -0.2) is 91.6 Å². The van der Waals surface area contributed by atoms with Gasteiger partial charge in [-0.25, -0.2) is 0 Å². The van der Waals surface area contributed by atoms with Crippen molar-refractivity contribution in [2.24, 2.45) is 11.8 Å². The SMILES string of the molecule is CCOC(=O)C1C(C)C(=O)c2cc(OC)c(OC)cc2C1c1cc(OC)c(OC)c(OC)c1.[Ca+2].[H-].[H-]. The van der Waals surface area contributed by atoms with E-state index in [2.05, 4.69) is 0 Å². The van der Waals surface area contributed by atoms with E-state index >= 15 is 0 Å². The zero-order valence-electron chi connectivity index (χ0n) is 22.7. The maximum Gasteiger partial charge on any atom is 2.00 e. The Bertz CT molecular complexity index is 1040. The van der Waals surface area contributed by atoms with Crippen molar-refractivity contribution in [2.75, 3.05) is 42.2 Å². The van der Waals surface area contributed by atoms with Gasteiger partial charge >= 0.3 is 43.7 Å². The number of ether oxygens (including phenoxy) is 6. The molecular formula is C25H32CaO8. The van der Waals surface area contributed by atoms with E-state index in [4.69, 9.17) is 28.4 Å². The van der Waals surface area contributed by atoms with Crippen LogP contribution in [0.2, 0.25) is 0 Å². The minimum atomic E-state index is -0.758. The van der Waals surface area contributed by atoms with Gasteiger partial charge in [0.15, 0.2) is 28.8 Å². The molecule has 3 rings (SSSR count). The third-order valence-corrected chi connectivity index (χ3v) is 6.07. The van der Waals surface area contributed by atoms with Crippen LogP contribution >= 0.6 is 0 Å². The molecule has 2 aromatic rings. The summed E-state index contributed by atoms with van der Waals surface area (Å²) < 4.78 is 32.8. The van der Waals surface area contributed by atoms with Gasteiger partial charge < -0.3 is 31.3 Å². The summed E-state index contributed by atoms with van der Waals surface area (Å²) in [5.41, 5.74) is 1.83. The molecule has 0 spiro atoms. The van der Waals surface area contributed by atoms with Gasteiger partial charge in [0.2, 0.25) is 5.75 Å². The quantitative estimate of drug-likeness (QED) is 0.400. The number of ketones is 1. The minimum Gasteiger partial charge on any atom is -1.00 e. The summed E-state index contributed by atoms with van der Waals surface area (Å²) in [5.74, 6) is -0.297. The Morgan fingerprint density at radius 1 is 0.853 bits per heavy atom. The number of rotatable bonds is 8. The van der Waals surface area contributed by atoms with Crippen LogP contribution < -0.4 is 23.7 Å². The second kappa shape index (κ2) is 12.0. The molecule has 2 aromatic carbocycles. The fraction of sp³-hybridized carbons (Fsp3) is 0.440. The first-order chi connectivity index (χ1) is 15.9. The average molecular weight is 501 g/mol. The number of carbonyl (C=O) groups is 2. The molecule has 1 aliphatic rings. The molecule has 0 saturated carbocycles. The van der Waals surface area contributed by atoms with Gasteiger partial charge in [0.1, 0.15) is 0 Å². The molecule has 0 heterocycles. The van der Waals surface area contributed by atoms with Crippen LogP contribution in [0, 0.1) is 11.8 Å². The molecule has 0 N–H and O–H groups in total. The Hall–Kier alpha value is -2.16. The van der Waals surface area contributed by atoms with Crippen molar-refractivity contribution in [1.82, 2.24) is 0 Å². The number of hydrogen-bond acceptors (Lipinski definition) is 8. The summed E-state index contributed by atoms with van der Waals surface area (Å²) in [6, 6.07) is 7.00. The Morgan fingerprint density at radius 2 is 1.38 bits per heavy atom. The summed E-state index contributed by atoms with van der Waals surface area (Å²) in [5, 5.41) is 0. The van der Waals surface area contributed by atoms with Gasteiger partial charge in [0, 0.05) is 17.4 Å². The van der Waals surface area contributed by atoms with Crippen LogP contribution in [0.3, 0.4) is 0 Å². The third kappa shape index (κ3) is 4.95. The van der Waals surface area contributed by atoms with Gasteiger partial charge in [-0.05, 0) is 42.3 Å². The largest absolute Gasteiger partial charge is 2.00 e. The number of fused-ring (bicyclic) bond motifs is 1. The number of carbonyl (C=O) groups excluding carboxylic acids is 2. The van der Waals surface area contributed by atoms with Crippen LogP contribution in [0.4, 0.5) is 0 Å². The standard InChI is InChI=1S/C25H30O8.Ca.2H/c1-8-33-25(27)21-13(2)23(26)16-12-18(29-4)17(28-3)11-15(16)22(21)14-9-19(30-5)24(32-7)20(10-14)31-6;;;/h9-13,21-22H,8H2,1-7H3;;;/q;+2;2*-1. The second-order valence-electron chi connectivity index (χ2n) is 7.66. The monoisotopic (exact) mass is 500 g/mol. The molecule has 3 atom stereocenters. The molecule has 34 heavy (non-hydrogen) atoms. The van der Waals surface area contributed by atoms with E-state index in [9.17, 15) is 9.59 Å². The maximum absolute atomic E-state index is 13.4. The summed E-state index contributed by atoms with van der Waals surface area (Å²) in [7, 11) is 7.61. The molecule has 1 aliphatic carbocycles. The van der Waals surface area contributed by atoms with Crippen molar-refractivity contribution >= 4 is 49.5 Å². The summed E-state index contributed by atoms with van der Waals surface area (Å²) in [4.78, 5) is 26.5. The first kappa shape index (κ1) is 28.1. The number of Topliss-reactive ketones (excluding diaryl/α,β-unsaturated/α-hetero) is 1. The second-order valence-corrected chi connectivity index (χ2v) is 7.66. The van der Waals surface area contributed by atoms with Crippen molar-refractivity contribution in [3.05, 3.63) is 41.0 Å². The van der Waals surface area contributed by atoms with E-state index in [-0.39, 0.29) is 53.0 Å². The Labute approximate surface area is 232 Å². The van der Waals surface area contributed by atoms with Crippen molar-refractivity contribution < 1.29 is 40.9 Å². The van der Waals surface area contributed by atoms with Gasteiger partial charge in [0.05, 0.1) is 48.1 Å². The first-order valence-corrected chi connectivity index (χ1v) is 10.6. The normalized spacial score (nSPS) is 18.8. The number of esters is 1. The summed E-state index contributed by atoms with van der Waals surface area (Å²) in [6.45, 7) is 3.69. The van der Waals surface area contributed by atoms with Crippen LogP contribution in [0.1, 0.15) is 44.1 Å². The zero-order chi connectivity index (χ0) is 24.3. The fourth-order valence-corrected chi connectivity index (χ4v) is 4.50. The van der Waals surface area contributed by atoms with E-state index in [1.165, 1.54) is 35.5 Å². The van der Waals surface area contributed by atoms with Crippen LogP contribution in [0.15, 0.2) is 24.3 Å². The van der Waals surface area contributed by atoms with Crippen LogP contribution in [0.5, 0.6) is 28.7 Å². The summed E-state index contributed by atoms with van der Waals surface area (Å²) in [6.07, 6.45) is 0. The smallest absolute Gasteiger partial charge is 1.00 e. The van der Waals surface area contributed by atoms with E-state index in [0.29, 0.717) is 39.9 Å². The molecule has 0 amide bonds. The molecule has 8 nitrogen and oxygen atoms in total. The third-order valence-electron chi connectivity index (χ3n) is 6.07. The van der Waals surface area contributed by atoms with E-state index in [0.717, 1.165) is 5.56 Å². The molecule has 0 radical (unpaired) electrons. The predicted molar refractivity (Wildman–Crippen MR) is 129 cm³/mol. The maximum atomic E-state index is 13.4. The fourth-order valence-electron chi connectivity index (χ4n) is 4.50. The molecule has 0 fully saturated rings. The molecule has 0 aliphatic heterocycles. The average Bonchev–Trinajstić information content (AvgIpc) is 2.84. The van der Waals surface area contributed by atoms with Crippen molar-refractivity contribution in [3.63, 3.8) is 0 Å². The number of methoxy groups -OCH3 is 5. The van der Waals surface area contributed by atoms with E-state index in [1.54, 1.807) is 38.1 Å². The Kier molecular flexibility index (Phi) is 9.91. The Balaban J connectivity index is 0.00000408.